The van der Waals surface area contributed by atoms with Gasteiger partial charge in [0.25, 0.3) is 11.8 Å². The second kappa shape index (κ2) is 12.8. The van der Waals surface area contributed by atoms with Crippen LogP contribution >= 0.6 is 12.6 Å². The van der Waals surface area contributed by atoms with Gasteiger partial charge in [0.2, 0.25) is 11.8 Å². The van der Waals surface area contributed by atoms with E-state index in [-0.39, 0.29) is 30.5 Å². The van der Waals surface area contributed by atoms with Gasteiger partial charge in [-0.25, -0.2) is 4.79 Å². The van der Waals surface area contributed by atoms with Gasteiger partial charge in [-0.15, -0.1) is 0 Å². The van der Waals surface area contributed by atoms with Crippen LogP contribution in [0.25, 0.3) is 0 Å². The first kappa shape index (κ1) is 28.4. The molecule has 3 rings (SSSR count). The third-order valence-corrected chi connectivity index (χ3v) is 6.07. The predicted molar refractivity (Wildman–Crippen MR) is 133 cm³/mol. The van der Waals surface area contributed by atoms with Crippen molar-refractivity contribution in [1.29, 1.82) is 0 Å². The number of β-lactam (4-membered cyclic amide) rings is 1. The molecule has 10 nitrogen and oxygen atoms in total. The Morgan fingerprint density at radius 2 is 1.69 bits per heavy atom. The van der Waals surface area contributed by atoms with Crippen LogP contribution in [0.4, 0.5) is 0 Å². The molecule has 0 spiro atoms. The molecule has 0 aromatic carbocycles. The van der Waals surface area contributed by atoms with Crippen LogP contribution in [-0.4, -0.2) is 71.0 Å². The highest BCUT2D eigenvalue weighted by Crippen LogP contribution is 2.20. The Morgan fingerprint density at radius 3 is 2.23 bits per heavy atom. The van der Waals surface area contributed by atoms with Crippen molar-refractivity contribution in [2.45, 2.75) is 71.7 Å². The van der Waals surface area contributed by atoms with Crippen molar-refractivity contribution < 1.29 is 28.7 Å². The zero-order valence-electron chi connectivity index (χ0n) is 20.9. The van der Waals surface area contributed by atoms with Crippen molar-refractivity contribution in [3.05, 3.63) is 23.9 Å². The van der Waals surface area contributed by atoms with Gasteiger partial charge in [0, 0.05) is 0 Å². The monoisotopic (exact) mass is 508 g/mol. The number of nitrogens with zero attached hydrogens (tertiary/aromatic N) is 1. The zero-order valence-corrected chi connectivity index (χ0v) is 21.8. The SMILES string of the molecule is C/C=C1/C(=O)N[C@@H](C(C)C)C(=O)O[C@H](/C=C/CCS)CC(=O)N[C@H](C(C)C)C(=O)N[C@H]2CN1C2=O. The van der Waals surface area contributed by atoms with Gasteiger partial charge in [0.05, 0.1) is 13.0 Å². The zero-order chi connectivity index (χ0) is 26.3. The van der Waals surface area contributed by atoms with E-state index in [9.17, 15) is 24.0 Å². The number of thiol groups is 1. The summed E-state index contributed by atoms with van der Waals surface area (Å²) >= 11 is 4.16. The molecule has 0 aromatic heterocycles. The van der Waals surface area contributed by atoms with Crippen LogP contribution < -0.4 is 16.0 Å². The minimum atomic E-state index is -0.996. The first-order chi connectivity index (χ1) is 16.5. The van der Waals surface area contributed by atoms with Crippen LogP contribution in [0, 0.1) is 11.8 Å². The van der Waals surface area contributed by atoms with Gasteiger partial charge < -0.3 is 25.6 Å². The second-order valence-corrected chi connectivity index (χ2v) is 9.74. The maximum atomic E-state index is 13.0. The van der Waals surface area contributed by atoms with Gasteiger partial charge in [0.1, 0.15) is 29.9 Å². The Morgan fingerprint density at radius 1 is 1.03 bits per heavy atom. The van der Waals surface area contributed by atoms with Crippen molar-refractivity contribution in [1.82, 2.24) is 20.9 Å². The number of carbonyl (C=O) groups is 5. The molecule has 0 aliphatic carbocycles. The van der Waals surface area contributed by atoms with E-state index in [1.807, 2.05) is 0 Å². The van der Waals surface area contributed by atoms with Crippen molar-refractivity contribution in [3.63, 3.8) is 0 Å². The number of ether oxygens (including phenoxy) is 1. The van der Waals surface area contributed by atoms with E-state index in [1.54, 1.807) is 46.8 Å². The molecule has 0 saturated carbocycles. The molecule has 4 amide bonds. The van der Waals surface area contributed by atoms with Gasteiger partial charge >= 0.3 is 5.97 Å². The average Bonchev–Trinajstić information content (AvgIpc) is 2.78. The van der Waals surface area contributed by atoms with Gasteiger partial charge in [-0.2, -0.15) is 12.6 Å². The standard InChI is InChI=1S/C24H36N4O6S/c1-6-17-21(30)27-20(14(4)5)24(33)34-15(9-7-8-10-35)11-18(29)26-19(13(2)3)22(31)25-16-12-28(17)23(16)32/h6-7,9,13-16,19-20,35H,8,10-12H2,1-5H3,(H,25,31)(H,26,29)(H,27,30)/b9-7+,17-6-/t15-,16+,19-,20+/m1/s1. The molecule has 35 heavy (non-hydrogen) atoms. The maximum Gasteiger partial charge on any atom is 0.329 e. The molecule has 0 radical (unpaired) electrons. The number of allylic oxidation sites excluding steroid dienone is 2. The summed E-state index contributed by atoms with van der Waals surface area (Å²) in [7, 11) is 0. The molecule has 2 bridgehead atoms. The number of hydrogen-bond donors (Lipinski definition) is 4. The Labute approximate surface area is 211 Å². The number of fused-ring (bicyclic) bond motifs is 12. The lowest BCUT2D eigenvalue weighted by Crippen LogP contribution is -2.67. The lowest BCUT2D eigenvalue weighted by molar-refractivity contribution is -0.153. The van der Waals surface area contributed by atoms with Crippen molar-refractivity contribution in [2.75, 3.05) is 12.3 Å². The summed E-state index contributed by atoms with van der Waals surface area (Å²) in [4.78, 5) is 65.6. The molecular formula is C24H36N4O6S. The first-order valence-electron chi connectivity index (χ1n) is 11.9. The van der Waals surface area contributed by atoms with E-state index in [2.05, 4.69) is 28.6 Å². The summed E-state index contributed by atoms with van der Waals surface area (Å²) in [6, 6.07) is -2.69. The third kappa shape index (κ3) is 7.33. The van der Waals surface area contributed by atoms with Gasteiger partial charge in [-0.1, -0.05) is 39.8 Å². The minimum Gasteiger partial charge on any atom is -0.456 e. The van der Waals surface area contributed by atoms with Crippen LogP contribution in [0.2, 0.25) is 0 Å². The average molecular weight is 509 g/mol. The summed E-state index contributed by atoms with van der Waals surface area (Å²) in [5.41, 5.74) is 0.0879. The lowest BCUT2D eigenvalue weighted by atomic mass is 10.00. The van der Waals surface area contributed by atoms with E-state index in [0.717, 1.165) is 0 Å². The molecule has 4 atom stereocenters. The van der Waals surface area contributed by atoms with Crippen molar-refractivity contribution >= 4 is 42.2 Å². The summed E-state index contributed by atoms with van der Waals surface area (Å²) in [5.74, 6) is -2.72. The van der Waals surface area contributed by atoms with E-state index in [0.29, 0.717) is 12.2 Å². The normalized spacial score (nSPS) is 28.2. The Hall–Kier alpha value is -2.82. The fourth-order valence-electron chi connectivity index (χ4n) is 3.78. The van der Waals surface area contributed by atoms with Crippen LogP contribution in [0.1, 0.15) is 47.5 Å². The largest absolute Gasteiger partial charge is 0.456 e. The number of nitrogens with one attached hydrogen (secondary N) is 3. The Balaban J connectivity index is 2.40. The molecule has 3 aliphatic rings. The third-order valence-electron chi connectivity index (χ3n) is 5.82. The molecular weight excluding hydrogens is 472 g/mol. The number of esters is 1. The molecule has 0 unspecified atom stereocenters. The smallest absolute Gasteiger partial charge is 0.329 e. The Kier molecular flexibility index (Phi) is 10.4. The first-order valence-corrected chi connectivity index (χ1v) is 12.5. The number of amides is 4. The highest BCUT2D eigenvalue weighted by Gasteiger charge is 2.43. The molecule has 3 fully saturated rings. The van der Waals surface area contributed by atoms with Crippen molar-refractivity contribution in [2.24, 2.45) is 11.8 Å². The maximum absolute atomic E-state index is 13.0. The van der Waals surface area contributed by atoms with E-state index < -0.39 is 53.8 Å². The molecule has 11 heteroatoms. The highest BCUT2D eigenvalue weighted by molar-refractivity contribution is 7.80. The summed E-state index contributed by atoms with van der Waals surface area (Å²) in [6.07, 6.45) is 4.35. The van der Waals surface area contributed by atoms with Crippen LogP contribution in [-0.2, 0) is 28.7 Å². The topological polar surface area (TPSA) is 134 Å². The molecule has 3 aliphatic heterocycles. The van der Waals surface area contributed by atoms with E-state index >= 15 is 0 Å². The van der Waals surface area contributed by atoms with Crippen LogP contribution in [0.3, 0.4) is 0 Å². The predicted octanol–water partition coefficient (Wildman–Crippen LogP) is 0.690. The number of rotatable bonds is 5. The van der Waals surface area contributed by atoms with Gasteiger partial charge in [0.15, 0.2) is 0 Å². The fraction of sp³-hybridized carbons (Fsp3) is 0.625. The minimum absolute atomic E-state index is 0.0879. The fourth-order valence-corrected chi connectivity index (χ4v) is 3.93. The van der Waals surface area contributed by atoms with Crippen molar-refractivity contribution in [3.8, 4) is 0 Å². The van der Waals surface area contributed by atoms with Gasteiger partial charge in [-0.3, -0.25) is 19.2 Å². The van der Waals surface area contributed by atoms with Crippen LogP contribution in [0.15, 0.2) is 23.9 Å². The second-order valence-electron chi connectivity index (χ2n) is 9.29. The summed E-state index contributed by atoms with van der Waals surface area (Å²) in [5, 5.41) is 8.02. The van der Waals surface area contributed by atoms with E-state index in [1.165, 1.54) is 11.0 Å². The summed E-state index contributed by atoms with van der Waals surface area (Å²) in [6.45, 7) is 8.78. The van der Waals surface area contributed by atoms with Crippen LogP contribution in [0.5, 0.6) is 0 Å². The van der Waals surface area contributed by atoms with E-state index in [4.69, 9.17) is 4.74 Å². The molecule has 3 N–H and O–H groups in total. The number of carbonyl (C=O) groups excluding carboxylic acids is 5. The highest BCUT2D eigenvalue weighted by atomic mass is 32.1. The van der Waals surface area contributed by atoms with Gasteiger partial charge in [-0.05, 0) is 37.0 Å². The molecule has 194 valence electrons. The Bertz CT molecular complexity index is 900. The quantitative estimate of drug-likeness (QED) is 0.142. The molecule has 0 aromatic rings. The summed E-state index contributed by atoms with van der Waals surface area (Å²) < 4.78 is 5.61. The lowest BCUT2D eigenvalue weighted by Gasteiger charge is -2.40. The number of hydrogen-bond acceptors (Lipinski definition) is 7. The molecule has 3 heterocycles. The molecule has 3 saturated heterocycles.